The van der Waals surface area contributed by atoms with E-state index >= 15 is 0 Å². The van der Waals surface area contributed by atoms with E-state index in [4.69, 9.17) is 10.2 Å². The lowest BCUT2D eigenvalue weighted by Gasteiger charge is -2.16. The predicted molar refractivity (Wildman–Crippen MR) is 82.7 cm³/mol. The Balaban J connectivity index is 0.000000409. The number of nitrogens with zero attached hydrogens (tertiary/aromatic N) is 1. The molecule has 1 aromatic rings. The first kappa shape index (κ1) is 20.1. The smallest absolute Gasteiger partial charge is 0.320 e. The summed E-state index contributed by atoms with van der Waals surface area (Å²) in [6.45, 7) is 4.54. The third-order valence-electron chi connectivity index (χ3n) is 3.16. The maximum absolute atomic E-state index is 10.5. The van der Waals surface area contributed by atoms with Crippen LogP contribution in [0.4, 0.5) is 0 Å². The van der Waals surface area contributed by atoms with E-state index < -0.39 is 18.0 Å². The van der Waals surface area contributed by atoms with Gasteiger partial charge in [-0.2, -0.15) is 0 Å². The highest BCUT2D eigenvalue weighted by molar-refractivity contribution is 5.73. The van der Waals surface area contributed by atoms with E-state index in [1.54, 1.807) is 19.4 Å². The number of aliphatic carboxylic acids is 2. The van der Waals surface area contributed by atoms with E-state index in [1.807, 2.05) is 13.8 Å². The first-order chi connectivity index (χ1) is 10.4. The Morgan fingerprint density at radius 3 is 2.45 bits per heavy atom. The zero-order valence-electron chi connectivity index (χ0n) is 13.3. The Morgan fingerprint density at radius 1 is 1.41 bits per heavy atom. The molecular formula is C14H26N4O4. The molecular weight excluding hydrogens is 288 g/mol. The molecule has 8 heteroatoms. The van der Waals surface area contributed by atoms with Crippen molar-refractivity contribution in [2.24, 2.45) is 5.92 Å². The first-order valence-corrected chi connectivity index (χ1v) is 7.23. The van der Waals surface area contributed by atoms with Crippen LogP contribution in [0.2, 0.25) is 0 Å². The lowest BCUT2D eigenvalue weighted by atomic mass is 10.00. The van der Waals surface area contributed by atoms with Crippen molar-refractivity contribution in [3.8, 4) is 0 Å². The zero-order valence-corrected chi connectivity index (χ0v) is 13.3. The predicted octanol–water partition coefficient (Wildman–Crippen LogP) is 0.332. The van der Waals surface area contributed by atoms with E-state index in [-0.39, 0.29) is 12.5 Å². The average molecular weight is 314 g/mol. The molecule has 0 aromatic carbocycles. The van der Waals surface area contributed by atoms with Gasteiger partial charge < -0.3 is 25.8 Å². The number of H-pyrrole nitrogens is 1. The fourth-order valence-corrected chi connectivity index (χ4v) is 1.72. The third kappa shape index (κ3) is 9.09. The molecule has 8 nitrogen and oxygen atoms in total. The summed E-state index contributed by atoms with van der Waals surface area (Å²) in [5.41, 5.74) is 0. The average Bonchev–Trinajstić information content (AvgIpc) is 2.97. The molecule has 0 saturated carbocycles. The largest absolute Gasteiger partial charge is 0.480 e. The van der Waals surface area contributed by atoms with Crippen LogP contribution >= 0.6 is 0 Å². The van der Waals surface area contributed by atoms with Gasteiger partial charge >= 0.3 is 11.9 Å². The summed E-state index contributed by atoms with van der Waals surface area (Å²) in [6, 6.07) is -0.398. The van der Waals surface area contributed by atoms with E-state index in [0.717, 1.165) is 18.7 Å². The van der Waals surface area contributed by atoms with Crippen molar-refractivity contribution in [1.82, 2.24) is 20.6 Å². The van der Waals surface area contributed by atoms with Crippen LogP contribution in [0.15, 0.2) is 12.4 Å². The molecule has 1 heterocycles. The first-order valence-electron chi connectivity index (χ1n) is 7.23. The fourth-order valence-electron chi connectivity index (χ4n) is 1.72. The summed E-state index contributed by atoms with van der Waals surface area (Å²) >= 11 is 0. The van der Waals surface area contributed by atoms with Crippen LogP contribution < -0.4 is 10.6 Å². The second-order valence-corrected chi connectivity index (χ2v) is 4.85. The number of carboxylic acids is 2. The number of nitrogens with one attached hydrogen (secondary N) is 3. The highest BCUT2D eigenvalue weighted by Gasteiger charge is 2.20. The van der Waals surface area contributed by atoms with Crippen LogP contribution in [0, 0.1) is 5.92 Å². The molecule has 0 saturated heterocycles. The summed E-state index contributed by atoms with van der Waals surface area (Å²) < 4.78 is 0. The lowest BCUT2D eigenvalue weighted by molar-refractivity contribution is -0.140. The van der Waals surface area contributed by atoms with Crippen molar-refractivity contribution in [2.45, 2.75) is 32.7 Å². The van der Waals surface area contributed by atoms with E-state index in [9.17, 15) is 9.59 Å². The molecule has 0 unspecified atom stereocenters. The topological polar surface area (TPSA) is 127 Å². The number of hydrogen-bond donors (Lipinski definition) is 5. The monoisotopic (exact) mass is 314 g/mol. The number of carboxylic acid groups (broad SMARTS) is 2. The van der Waals surface area contributed by atoms with Crippen molar-refractivity contribution in [3.05, 3.63) is 18.2 Å². The van der Waals surface area contributed by atoms with Crippen LogP contribution in [-0.2, 0) is 16.0 Å². The second-order valence-electron chi connectivity index (χ2n) is 4.85. The van der Waals surface area contributed by atoms with E-state index in [0.29, 0.717) is 6.54 Å². The van der Waals surface area contributed by atoms with Crippen molar-refractivity contribution < 1.29 is 19.8 Å². The summed E-state index contributed by atoms with van der Waals surface area (Å²) in [4.78, 5) is 27.5. The number of imidazole rings is 1. The minimum Gasteiger partial charge on any atom is -0.480 e. The Hall–Kier alpha value is -1.93. The Kier molecular flexibility index (Phi) is 10.7. The van der Waals surface area contributed by atoms with Gasteiger partial charge in [-0.15, -0.1) is 0 Å². The molecule has 0 bridgehead atoms. The van der Waals surface area contributed by atoms with Crippen LogP contribution in [-0.4, -0.2) is 58.3 Å². The highest BCUT2D eigenvalue weighted by Crippen LogP contribution is 2.06. The van der Waals surface area contributed by atoms with Gasteiger partial charge in [0.1, 0.15) is 11.9 Å². The molecule has 5 N–H and O–H groups in total. The molecule has 0 aliphatic carbocycles. The highest BCUT2D eigenvalue weighted by atomic mass is 16.4. The van der Waals surface area contributed by atoms with Crippen molar-refractivity contribution in [2.75, 3.05) is 20.1 Å². The van der Waals surface area contributed by atoms with Gasteiger partial charge in [-0.3, -0.25) is 9.59 Å². The molecule has 1 aromatic heterocycles. The van der Waals surface area contributed by atoms with Gasteiger partial charge in [0.25, 0.3) is 0 Å². The Labute approximate surface area is 130 Å². The van der Waals surface area contributed by atoms with Gasteiger partial charge in [0.2, 0.25) is 0 Å². The number of carbonyl (C=O) groups is 2. The molecule has 1 rings (SSSR count). The number of likely N-dealkylation sites (N-methyl/N-ethyl adjacent to an activating group) is 1. The van der Waals surface area contributed by atoms with Gasteiger partial charge in [-0.25, -0.2) is 4.98 Å². The van der Waals surface area contributed by atoms with Gasteiger partial charge in [0, 0.05) is 25.4 Å². The molecule has 0 fully saturated rings. The summed E-state index contributed by atoms with van der Waals surface area (Å²) in [6.07, 6.45) is 5.02. The normalized spacial score (nSPS) is 12.9. The summed E-state index contributed by atoms with van der Waals surface area (Å²) in [7, 11) is 1.67. The number of aromatic nitrogens is 2. The summed E-state index contributed by atoms with van der Waals surface area (Å²) in [5, 5.41) is 22.4. The second kappa shape index (κ2) is 11.7. The van der Waals surface area contributed by atoms with E-state index in [1.165, 1.54) is 0 Å². The van der Waals surface area contributed by atoms with Gasteiger partial charge in [-0.05, 0) is 13.0 Å². The van der Waals surface area contributed by atoms with Gasteiger partial charge in [0.05, 0.1) is 6.54 Å². The van der Waals surface area contributed by atoms with Gasteiger partial charge in [0.15, 0.2) is 0 Å². The maximum atomic E-state index is 10.5. The SMILES string of the molecule is CC[C@H](C)[C@H](NC)C(=O)O.O=C(O)CNCCc1ncc[nH]1. The molecule has 126 valence electrons. The standard InChI is InChI=1S/C7H11N3O2.C7H15NO2/c11-7(12)5-8-2-1-6-9-3-4-10-6;1-4-5(2)6(8-3)7(9)10/h3-4,8H,1-2,5H2,(H,9,10)(H,11,12);5-6,8H,4H2,1-3H3,(H,9,10)/t;5-,6-/m.0/s1. The maximum Gasteiger partial charge on any atom is 0.320 e. The molecule has 0 spiro atoms. The van der Waals surface area contributed by atoms with Crippen molar-refractivity contribution in [3.63, 3.8) is 0 Å². The van der Waals surface area contributed by atoms with E-state index in [2.05, 4.69) is 20.6 Å². The molecule has 0 aliphatic heterocycles. The fraction of sp³-hybridized carbons (Fsp3) is 0.643. The van der Waals surface area contributed by atoms with Crippen molar-refractivity contribution >= 4 is 11.9 Å². The lowest BCUT2D eigenvalue weighted by Crippen LogP contribution is -2.39. The molecule has 2 atom stereocenters. The zero-order chi connectivity index (χ0) is 17.0. The molecule has 0 radical (unpaired) electrons. The Bertz CT molecular complexity index is 422. The minimum atomic E-state index is -0.838. The molecule has 0 aliphatic rings. The van der Waals surface area contributed by atoms with Crippen LogP contribution in [0.5, 0.6) is 0 Å². The van der Waals surface area contributed by atoms with Crippen LogP contribution in [0.3, 0.4) is 0 Å². The Morgan fingerprint density at radius 2 is 2.09 bits per heavy atom. The van der Waals surface area contributed by atoms with Crippen LogP contribution in [0.25, 0.3) is 0 Å². The van der Waals surface area contributed by atoms with Crippen LogP contribution in [0.1, 0.15) is 26.1 Å². The quantitative estimate of drug-likeness (QED) is 0.416. The molecule has 22 heavy (non-hydrogen) atoms. The minimum absolute atomic E-state index is 0.000703. The number of aromatic amines is 1. The molecule has 0 amide bonds. The number of rotatable bonds is 9. The van der Waals surface area contributed by atoms with Crippen molar-refractivity contribution in [1.29, 1.82) is 0 Å². The third-order valence-corrected chi connectivity index (χ3v) is 3.16. The summed E-state index contributed by atoms with van der Waals surface area (Å²) in [5.74, 6) is -0.540. The van der Waals surface area contributed by atoms with Gasteiger partial charge in [-0.1, -0.05) is 20.3 Å². The number of hydrogen-bond acceptors (Lipinski definition) is 5.